The Morgan fingerprint density at radius 2 is 1.90 bits per heavy atom. The highest BCUT2D eigenvalue weighted by atomic mass is 31.2. The third-order valence-corrected chi connectivity index (χ3v) is 4.28. The smallest absolute Gasteiger partial charge is 0.352 e. The molecular weight excluding hydrogens is 301 g/mol. The summed E-state index contributed by atoms with van der Waals surface area (Å²) < 4.78 is 16.0. The standard InChI is InChI=1S/C11H24N3O6P/c1-7(2)4-8(13-9(16)5-12)11(17)14-10(6-15)21(18,19)20-3/h7-8,10,15H,4-6,12H2,1-3H3,(H,13,16)(H,14,17)(H,18,19)/t8-,10?/m0/s1. The molecule has 21 heavy (non-hydrogen) atoms. The van der Waals surface area contributed by atoms with Gasteiger partial charge >= 0.3 is 7.60 Å². The molecule has 0 aliphatic heterocycles. The van der Waals surface area contributed by atoms with Gasteiger partial charge in [0.25, 0.3) is 0 Å². The molecule has 0 aromatic carbocycles. The van der Waals surface area contributed by atoms with Gasteiger partial charge in [-0.05, 0) is 12.3 Å². The molecule has 124 valence electrons. The minimum absolute atomic E-state index is 0.0924. The molecule has 0 aliphatic rings. The Morgan fingerprint density at radius 3 is 2.29 bits per heavy atom. The van der Waals surface area contributed by atoms with Crippen molar-refractivity contribution in [3.8, 4) is 0 Å². The third-order valence-electron chi connectivity index (χ3n) is 2.68. The number of carbonyl (C=O) groups excluding carboxylic acids is 2. The monoisotopic (exact) mass is 325 g/mol. The quantitative estimate of drug-likeness (QED) is 0.332. The van der Waals surface area contributed by atoms with Gasteiger partial charge in [-0.15, -0.1) is 0 Å². The lowest BCUT2D eigenvalue weighted by Crippen LogP contribution is -2.52. The molecule has 0 radical (unpaired) electrons. The van der Waals surface area contributed by atoms with Crippen LogP contribution >= 0.6 is 7.60 Å². The molecule has 0 heterocycles. The molecular formula is C11H24N3O6P. The Kier molecular flexibility index (Phi) is 8.68. The number of carbonyl (C=O) groups is 2. The Labute approximate surface area is 123 Å². The summed E-state index contributed by atoms with van der Waals surface area (Å²) in [5.41, 5.74) is 5.18. The Hall–Kier alpha value is -0.990. The maximum atomic E-state index is 12.1. The van der Waals surface area contributed by atoms with Crippen molar-refractivity contribution in [1.29, 1.82) is 0 Å². The lowest BCUT2D eigenvalue weighted by atomic mass is 10.0. The fourth-order valence-corrected chi connectivity index (χ4v) is 2.33. The van der Waals surface area contributed by atoms with Crippen molar-refractivity contribution >= 4 is 19.4 Å². The van der Waals surface area contributed by atoms with E-state index in [0.717, 1.165) is 7.11 Å². The van der Waals surface area contributed by atoms with Crippen LogP contribution in [0, 0.1) is 5.92 Å². The average Bonchev–Trinajstić information content (AvgIpc) is 2.42. The van der Waals surface area contributed by atoms with Crippen molar-refractivity contribution in [3.05, 3.63) is 0 Å². The number of aliphatic hydroxyl groups is 1. The molecule has 10 heteroatoms. The summed E-state index contributed by atoms with van der Waals surface area (Å²) in [5, 5.41) is 13.7. The molecule has 3 atom stereocenters. The van der Waals surface area contributed by atoms with Gasteiger partial charge in [0.15, 0.2) is 5.78 Å². The van der Waals surface area contributed by atoms with E-state index >= 15 is 0 Å². The van der Waals surface area contributed by atoms with Crippen molar-refractivity contribution in [3.63, 3.8) is 0 Å². The molecule has 0 rings (SSSR count). The normalized spacial score (nSPS) is 16.9. The lowest BCUT2D eigenvalue weighted by molar-refractivity contribution is -0.129. The zero-order valence-corrected chi connectivity index (χ0v) is 13.3. The van der Waals surface area contributed by atoms with E-state index in [2.05, 4.69) is 15.2 Å². The molecule has 0 aliphatic carbocycles. The van der Waals surface area contributed by atoms with E-state index in [1.54, 1.807) is 0 Å². The van der Waals surface area contributed by atoms with Gasteiger partial charge in [0.05, 0.1) is 13.2 Å². The van der Waals surface area contributed by atoms with E-state index in [4.69, 9.17) is 10.8 Å². The molecule has 0 saturated carbocycles. The van der Waals surface area contributed by atoms with Crippen LogP contribution in [0.2, 0.25) is 0 Å². The number of amides is 2. The summed E-state index contributed by atoms with van der Waals surface area (Å²) in [6.07, 6.45) is 0.318. The molecule has 9 nitrogen and oxygen atoms in total. The number of hydrogen-bond donors (Lipinski definition) is 5. The van der Waals surface area contributed by atoms with Crippen LogP contribution in [-0.2, 0) is 18.7 Å². The maximum absolute atomic E-state index is 12.1. The molecule has 6 N–H and O–H groups in total. The third kappa shape index (κ3) is 7.01. The number of aliphatic hydroxyl groups excluding tert-OH is 1. The number of nitrogens with one attached hydrogen (secondary N) is 2. The van der Waals surface area contributed by atoms with Gasteiger partial charge in [0.1, 0.15) is 6.04 Å². The fraction of sp³-hybridized carbons (Fsp3) is 0.818. The maximum Gasteiger partial charge on any atom is 0.352 e. The van der Waals surface area contributed by atoms with Gasteiger partial charge in [-0.3, -0.25) is 14.2 Å². The average molecular weight is 325 g/mol. The number of rotatable bonds is 9. The molecule has 2 unspecified atom stereocenters. The molecule has 0 bridgehead atoms. The van der Waals surface area contributed by atoms with E-state index in [0.29, 0.717) is 6.42 Å². The first-order valence-electron chi connectivity index (χ1n) is 6.46. The molecule has 0 fully saturated rings. The van der Waals surface area contributed by atoms with E-state index in [-0.39, 0.29) is 12.5 Å². The molecule has 0 saturated heterocycles. The minimum Gasteiger partial charge on any atom is -0.394 e. The highest BCUT2D eigenvalue weighted by Gasteiger charge is 2.34. The summed E-state index contributed by atoms with van der Waals surface area (Å²) in [5.74, 6) is -2.57. The highest BCUT2D eigenvalue weighted by Crippen LogP contribution is 2.44. The predicted molar refractivity (Wildman–Crippen MR) is 76.3 cm³/mol. The Morgan fingerprint density at radius 1 is 1.33 bits per heavy atom. The molecule has 0 aromatic rings. The van der Waals surface area contributed by atoms with E-state index in [1.807, 2.05) is 13.8 Å². The summed E-state index contributed by atoms with van der Waals surface area (Å²) in [6, 6.07) is -0.910. The highest BCUT2D eigenvalue weighted by molar-refractivity contribution is 7.53. The van der Waals surface area contributed by atoms with Crippen molar-refractivity contribution in [2.24, 2.45) is 11.7 Å². The van der Waals surface area contributed by atoms with Crippen molar-refractivity contribution in [1.82, 2.24) is 10.6 Å². The van der Waals surface area contributed by atoms with Crippen LogP contribution in [0.3, 0.4) is 0 Å². The predicted octanol–water partition coefficient (Wildman–Crippen LogP) is -1.26. The van der Waals surface area contributed by atoms with E-state index in [9.17, 15) is 19.0 Å². The second-order valence-electron chi connectivity index (χ2n) is 4.91. The zero-order valence-electron chi connectivity index (χ0n) is 12.4. The SMILES string of the molecule is COP(=O)(O)C(CO)NC(=O)[C@H](CC(C)C)NC(=O)CN. The number of hydrogen-bond acceptors (Lipinski definition) is 6. The molecule has 0 spiro atoms. The topological polar surface area (TPSA) is 151 Å². The van der Waals surface area contributed by atoms with Crippen LogP contribution < -0.4 is 16.4 Å². The van der Waals surface area contributed by atoms with Gasteiger partial charge in [0.2, 0.25) is 11.8 Å². The van der Waals surface area contributed by atoms with Crippen LogP contribution in [-0.4, -0.2) is 53.9 Å². The fourth-order valence-electron chi connectivity index (χ4n) is 1.58. The largest absolute Gasteiger partial charge is 0.394 e. The summed E-state index contributed by atoms with van der Waals surface area (Å²) in [6.45, 7) is 2.66. The van der Waals surface area contributed by atoms with Gasteiger partial charge in [-0.2, -0.15) is 0 Å². The first-order valence-corrected chi connectivity index (χ1v) is 8.11. The first-order chi connectivity index (χ1) is 9.67. The van der Waals surface area contributed by atoms with Crippen LogP contribution in [0.5, 0.6) is 0 Å². The van der Waals surface area contributed by atoms with Crippen LogP contribution in [0.25, 0.3) is 0 Å². The van der Waals surface area contributed by atoms with Crippen LogP contribution in [0.4, 0.5) is 0 Å². The van der Waals surface area contributed by atoms with Crippen LogP contribution in [0.1, 0.15) is 20.3 Å². The summed E-state index contributed by atoms with van der Waals surface area (Å²) in [7, 11) is -3.17. The van der Waals surface area contributed by atoms with Gasteiger partial charge in [-0.1, -0.05) is 13.8 Å². The summed E-state index contributed by atoms with van der Waals surface area (Å²) >= 11 is 0. The Bertz CT molecular complexity index is 403. The summed E-state index contributed by atoms with van der Waals surface area (Å²) in [4.78, 5) is 32.9. The van der Waals surface area contributed by atoms with E-state index < -0.39 is 37.8 Å². The van der Waals surface area contributed by atoms with Gasteiger partial charge in [0, 0.05) is 7.11 Å². The van der Waals surface area contributed by atoms with Gasteiger partial charge in [-0.25, -0.2) is 0 Å². The first kappa shape index (κ1) is 20.0. The molecule has 0 aromatic heterocycles. The van der Waals surface area contributed by atoms with Crippen LogP contribution in [0.15, 0.2) is 0 Å². The van der Waals surface area contributed by atoms with Crippen molar-refractivity contribution in [2.45, 2.75) is 32.1 Å². The number of nitrogens with two attached hydrogens (primary N) is 1. The second-order valence-corrected chi connectivity index (χ2v) is 7.02. The van der Waals surface area contributed by atoms with E-state index in [1.165, 1.54) is 0 Å². The van der Waals surface area contributed by atoms with Crippen molar-refractivity contribution < 1.29 is 28.7 Å². The Balaban J connectivity index is 4.94. The van der Waals surface area contributed by atoms with Crippen molar-refractivity contribution in [2.75, 3.05) is 20.3 Å². The lowest BCUT2D eigenvalue weighted by Gasteiger charge is -2.25. The minimum atomic E-state index is -4.17. The van der Waals surface area contributed by atoms with Gasteiger partial charge < -0.3 is 30.9 Å². The second kappa shape index (κ2) is 9.11. The molecule has 2 amide bonds. The zero-order chi connectivity index (χ0) is 16.6.